The molecule has 1 unspecified atom stereocenters. The second-order valence-electron chi connectivity index (χ2n) is 6.90. The standard InChI is InChI=1S/C17H28N6O/c1-12-15(13(2)22(5)20-12)10-23-6-7-24-16(11-23)17-18-8-14(19-17)9-21(3)4/h8,16H,6-7,9-11H2,1-5H3,(H,18,19). The Hall–Kier alpha value is -1.70. The zero-order valence-electron chi connectivity index (χ0n) is 15.3. The summed E-state index contributed by atoms with van der Waals surface area (Å²) in [6, 6.07) is 0. The zero-order chi connectivity index (χ0) is 17.3. The predicted octanol–water partition coefficient (Wildman–Crippen LogP) is 1.40. The first-order chi connectivity index (χ1) is 11.4. The second kappa shape index (κ2) is 7.04. The lowest BCUT2D eigenvalue weighted by Gasteiger charge is -2.32. The molecular weight excluding hydrogens is 304 g/mol. The molecule has 1 N–H and O–H groups in total. The van der Waals surface area contributed by atoms with Crippen molar-refractivity contribution in [2.45, 2.75) is 33.0 Å². The first kappa shape index (κ1) is 17.1. The first-order valence-corrected chi connectivity index (χ1v) is 8.45. The van der Waals surface area contributed by atoms with Crippen LogP contribution in [0, 0.1) is 13.8 Å². The van der Waals surface area contributed by atoms with Crippen LogP contribution in [0.1, 0.15) is 34.6 Å². The molecule has 0 saturated carbocycles. The van der Waals surface area contributed by atoms with Crippen LogP contribution in [0.25, 0.3) is 0 Å². The molecule has 0 amide bonds. The van der Waals surface area contributed by atoms with E-state index in [1.807, 2.05) is 17.9 Å². The summed E-state index contributed by atoms with van der Waals surface area (Å²) < 4.78 is 7.91. The molecule has 2 aromatic heterocycles. The summed E-state index contributed by atoms with van der Waals surface area (Å²) in [5, 5.41) is 4.52. The molecule has 7 heteroatoms. The third-order valence-electron chi connectivity index (χ3n) is 4.63. The van der Waals surface area contributed by atoms with Crippen LogP contribution in [0.3, 0.4) is 0 Å². The third-order valence-corrected chi connectivity index (χ3v) is 4.63. The Morgan fingerprint density at radius 1 is 1.38 bits per heavy atom. The molecule has 0 radical (unpaired) electrons. The molecular formula is C17H28N6O. The van der Waals surface area contributed by atoms with E-state index < -0.39 is 0 Å². The Kier molecular flexibility index (Phi) is 5.03. The molecule has 1 atom stereocenters. The number of imidazole rings is 1. The van der Waals surface area contributed by atoms with Gasteiger partial charge in [0.05, 0.1) is 12.3 Å². The number of aromatic amines is 1. The Labute approximate surface area is 143 Å². The molecule has 2 aromatic rings. The highest BCUT2D eigenvalue weighted by Crippen LogP contribution is 2.23. The van der Waals surface area contributed by atoms with Crippen molar-refractivity contribution in [3.8, 4) is 0 Å². The van der Waals surface area contributed by atoms with E-state index >= 15 is 0 Å². The molecule has 0 aromatic carbocycles. The molecule has 3 heterocycles. The fourth-order valence-electron chi connectivity index (χ4n) is 3.24. The van der Waals surface area contributed by atoms with Gasteiger partial charge < -0.3 is 14.6 Å². The van der Waals surface area contributed by atoms with E-state index in [1.165, 1.54) is 11.3 Å². The van der Waals surface area contributed by atoms with Gasteiger partial charge in [0.1, 0.15) is 11.9 Å². The average molecular weight is 332 g/mol. The van der Waals surface area contributed by atoms with Gasteiger partial charge in [-0.05, 0) is 27.9 Å². The quantitative estimate of drug-likeness (QED) is 0.897. The number of aromatic nitrogens is 4. The summed E-state index contributed by atoms with van der Waals surface area (Å²) in [6.07, 6.45) is 1.92. The lowest BCUT2D eigenvalue weighted by atomic mass is 10.1. The topological polar surface area (TPSA) is 62.2 Å². The number of hydrogen-bond donors (Lipinski definition) is 1. The number of H-pyrrole nitrogens is 1. The minimum absolute atomic E-state index is 0.00643. The highest BCUT2D eigenvalue weighted by atomic mass is 16.5. The number of nitrogens with one attached hydrogen (secondary N) is 1. The van der Waals surface area contributed by atoms with Gasteiger partial charge in [0.15, 0.2) is 0 Å². The lowest BCUT2D eigenvalue weighted by molar-refractivity contribution is -0.0370. The Bertz CT molecular complexity index is 689. The predicted molar refractivity (Wildman–Crippen MR) is 92.6 cm³/mol. The van der Waals surface area contributed by atoms with Crippen LogP contribution >= 0.6 is 0 Å². The SMILES string of the molecule is Cc1nn(C)c(C)c1CN1CCOC(c2ncc(CN(C)C)[nH]2)C1. The van der Waals surface area contributed by atoms with Crippen LogP contribution in [0.4, 0.5) is 0 Å². The second-order valence-corrected chi connectivity index (χ2v) is 6.90. The van der Waals surface area contributed by atoms with Crippen molar-refractivity contribution in [3.63, 3.8) is 0 Å². The van der Waals surface area contributed by atoms with Crippen LogP contribution < -0.4 is 0 Å². The molecule has 1 aliphatic heterocycles. The van der Waals surface area contributed by atoms with Gasteiger partial charge in [0, 0.05) is 56.4 Å². The van der Waals surface area contributed by atoms with Crippen molar-refractivity contribution in [2.75, 3.05) is 33.8 Å². The van der Waals surface area contributed by atoms with Gasteiger partial charge >= 0.3 is 0 Å². The highest BCUT2D eigenvalue weighted by Gasteiger charge is 2.25. The van der Waals surface area contributed by atoms with Gasteiger partial charge in [-0.25, -0.2) is 4.98 Å². The van der Waals surface area contributed by atoms with E-state index in [-0.39, 0.29) is 6.10 Å². The molecule has 0 aliphatic carbocycles. The molecule has 1 fully saturated rings. The number of rotatable bonds is 5. The monoisotopic (exact) mass is 332 g/mol. The fraction of sp³-hybridized carbons (Fsp3) is 0.647. The first-order valence-electron chi connectivity index (χ1n) is 8.45. The maximum atomic E-state index is 5.95. The van der Waals surface area contributed by atoms with Crippen molar-refractivity contribution >= 4 is 0 Å². The Morgan fingerprint density at radius 2 is 2.17 bits per heavy atom. The maximum absolute atomic E-state index is 5.95. The maximum Gasteiger partial charge on any atom is 0.136 e. The minimum Gasteiger partial charge on any atom is -0.368 e. The molecule has 0 bridgehead atoms. The number of ether oxygens (including phenoxy) is 1. The van der Waals surface area contributed by atoms with E-state index in [0.717, 1.165) is 50.0 Å². The Morgan fingerprint density at radius 3 is 2.83 bits per heavy atom. The Balaban J connectivity index is 1.67. The minimum atomic E-state index is 0.00643. The van der Waals surface area contributed by atoms with Crippen molar-refractivity contribution in [1.82, 2.24) is 29.5 Å². The van der Waals surface area contributed by atoms with Crippen molar-refractivity contribution < 1.29 is 4.74 Å². The van der Waals surface area contributed by atoms with Gasteiger partial charge in [-0.2, -0.15) is 5.10 Å². The largest absolute Gasteiger partial charge is 0.368 e. The van der Waals surface area contributed by atoms with Gasteiger partial charge in [-0.15, -0.1) is 0 Å². The van der Waals surface area contributed by atoms with Gasteiger partial charge in [0.2, 0.25) is 0 Å². The van der Waals surface area contributed by atoms with E-state index in [0.29, 0.717) is 0 Å². The van der Waals surface area contributed by atoms with Crippen LogP contribution in [0.2, 0.25) is 0 Å². The normalized spacial score (nSPS) is 19.3. The smallest absolute Gasteiger partial charge is 0.136 e. The number of morpholine rings is 1. The summed E-state index contributed by atoms with van der Waals surface area (Å²) in [5.41, 5.74) is 4.80. The summed E-state index contributed by atoms with van der Waals surface area (Å²) in [4.78, 5) is 12.5. The van der Waals surface area contributed by atoms with Crippen molar-refractivity contribution in [1.29, 1.82) is 0 Å². The molecule has 24 heavy (non-hydrogen) atoms. The molecule has 0 spiro atoms. The van der Waals surface area contributed by atoms with Crippen molar-refractivity contribution in [3.05, 3.63) is 34.7 Å². The van der Waals surface area contributed by atoms with Gasteiger partial charge in [0.25, 0.3) is 0 Å². The summed E-state index contributed by atoms with van der Waals surface area (Å²) in [5.74, 6) is 0.927. The van der Waals surface area contributed by atoms with E-state index in [1.54, 1.807) is 0 Å². The third kappa shape index (κ3) is 3.68. The van der Waals surface area contributed by atoms with Gasteiger partial charge in [-0.1, -0.05) is 0 Å². The van der Waals surface area contributed by atoms with E-state index in [9.17, 15) is 0 Å². The zero-order valence-corrected chi connectivity index (χ0v) is 15.3. The lowest BCUT2D eigenvalue weighted by Crippen LogP contribution is -2.38. The summed E-state index contributed by atoms with van der Waals surface area (Å²) in [6.45, 7) is 8.51. The number of nitrogens with zero attached hydrogens (tertiary/aromatic N) is 5. The van der Waals surface area contributed by atoms with E-state index in [4.69, 9.17) is 4.74 Å². The fourth-order valence-corrected chi connectivity index (χ4v) is 3.24. The van der Waals surface area contributed by atoms with Crippen LogP contribution in [0.5, 0.6) is 0 Å². The average Bonchev–Trinajstić information content (AvgIpc) is 3.08. The highest BCUT2D eigenvalue weighted by molar-refractivity contribution is 5.24. The van der Waals surface area contributed by atoms with Crippen LogP contribution in [-0.2, 0) is 24.9 Å². The summed E-state index contributed by atoms with van der Waals surface area (Å²) >= 11 is 0. The molecule has 7 nitrogen and oxygen atoms in total. The number of aryl methyl sites for hydroxylation is 2. The van der Waals surface area contributed by atoms with Crippen LogP contribution in [0.15, 0.2) is 6.20 Å². The number of hydrogen-bond acceptors (Lipinski definition) is 5. The molecule has 3 rings (SSSR count). The molecule has 1 aliphatic rings. The molecule has 132 valence electrons. The summed E-state index contributed by atoms with van der Waals surface area (Å²) in [7, 11) is 6.11. The molecule has 1 saturated heterocycles. The van der Waals surface area contributed by atoms with E-state index in [2.05, 4.69) is 52.8 Å². The van der Waals surface area contributed by atoms with Crippen LogP contribution in [-0.4, -0.2) is 63.3 Å². The van der Waals surface area contributed by atoms with Crippen molar-refractivity contribution in [2.24, 2.45) is 7.05 Å². The van der Waals surface area contributed by atoms with Gasteiger partial charge in [-0.3, -0.25) is 9.58 Å².